The molecular formula is C12H23NO6P2. The fourth-order valence-electron chi connectivity index (χ4n) is 1.53. The van der Waals surface area contributed by atoms with E-state index in [9.17, 15) is 14.6 Å². The van der Waals surface area contributed by atoms with Gasteiger partial charge in [0.1, 0.15) is 0 Å². The van der Waals surface area contributed by atoms with Crippen LogP contribution in [0, 0.1) is 6.92 Å². The summed E-state index contributed by atoms with van der Waals surface area (Å²) in [6, 6.07) is 3.30. The van der Waals surface area contributed by atoms with Crippen LogP contribution in [0.1, 0.15) is 24.5 Å². The van der Waals surface area contributed by atoms with Crippen molar-refractivity contribution in [1.82, 2.24) is 0 Å². The van der Waals surface area contributed by atoms with Gasteiger partial charge in [0.15, 0.2) is 11.5 Å². The highest BCUT2D eigenvalue weighted by Gasteiger charge is 2.26. The van der Waals surface area contributed by atoms with Crippen LogP contribution in [-0.2, 0) is 15.7 Å². The first kappa shape index (κ1) is 20.3. The largest absolute Gasteiger partial charge is 0.527 e. The Kier molecular flexibility index (Phi) is 9.79. The highest BCUT2D eigenvalue weighted by molar-refractivity contribution is 7.47. The summed E-state index contributed by atoms with van der Waals surface area (Å²) in [5.74, 6) is 0.302. The first-order chi connectivity index (χ1) is 9.93. The van der Waals surface area contributed by atoms with Crippen molar-refractivity contribution in [2.75, 3.05) is 13.7 Å². The lowest BCUT2D eigenvalue weighted by atomic mass is 10.1. The Labute approximate surface area is 127 Å². The third-order valence-electron chi connectivity index (χ3n) is 2.33. The number of benzene rings is 1. The minimum Gasteiger partial charge on any atom is -0.493 e. The third-order valence-corrected chi connectivity index (χ3v) is 3.25. The molecule has 122 valence electrons. The number of methoxy groups -OCH3 is 1. The third kappa shape index (κ3) is 6.74. The summed E-state index contributed by atoms with van der Waals surface area (Å²) in [5, 5.41) is 9.29. The van der Waals surface area contributed by atoms with Crippen LogP contribution in [0.4, 0.5) is 0 Å². The van der Waals surface area contributed by atoms with Crippen LogP contribution in [0.15, 0.2) is 12.1 Å². The van der Waals surface area contributed by atoms with E-state index in [1.54, 1.807) is 12.1 Å². The SMILES string of the molecule is CCCOP(=O)(O)Oc1c(CO)cc(C)cc1OC.NP. The molecule has 2 atom stereocenters. The molecule has 0 saturated heterocycles. The molecule has 9 heteroatoms. The van der Waals surface area contributed by atoms with Crippen LogP contribution in [0.25, 0.3) is 0 Å². The van der Waals surface area contributed by atoms with Gasteiger partial charge in [-0.15, -0.1) is 0 Å². The van der Waals surface area contributed by atoms with Gasteiger partial charge >= 0.3 is 7.82 Å². The van der Waals surface area contributed by atoms with Crippen LogP contribution >= 0.6 is 17.2 Å². The van der Waals surface area contributed by atoms with Crippen molar-refractivity contribution in [2.24, 2.45) is 5.50 Å². The van der Waals surface area contributed by atoms with Crippen LogP contribution in [0.3, 0.4) is 0 Å². The average molecular weight is 339 g/mol. The number of aliphatic hydroxyl groups excluding tert-OH is 1. The molecule has 1 aromatic carbocycles. The summed E-state index contributed by atoms with van der Waals surface area (Å²) in [4.78, 5) is 9.58. The number of aryl methyl sites for hydroxylation is 1. The Morgan fingerprint density at radius 1 is 1.38 bits per heavy atom. The Morgan fingerprint density at radius 3 is 2.48 bits per heavy atom. The Bertz CT molecular complexity index is 458. The van der Waals surface area contributed by atoms with Crippen molar-refractivity contribution in [3.63, 3.8) is 0 Å². The minimum absolute atomic E-state index is 0.0255. The predicted molar refractivity (Wildman–Crippen MR) is 84.2 cm³/mol. The smallest absolute Gasteiger partial charge is 0.493 e. The number of ether oxygens (including phenoxy) is 1. The molecule has 0 saturated carbocycles. The van der Waals surface area contributed by atoms with E-state index < -0.39 is 7.82 Å². The molecule has 0 fully saturated rings. The van der Waals surface area contributed by atoms with Crippen molar-refractivity contribution in [1.29, 1.82) is 0 Å². The molecule has 1 rings (SSSR count). The number of aliphatic hydroxyl groups is 1. The summed E-state index contributed by atoms with van der Waals surface area (Å²) in [5.41, 5.74) is 5.63. The zero-order chi connectivity index (χ0) is 16.5. The standard InChI is InChI=1S/C12H19O6P.H4NP/c1-4-5-17-19(14,15)18-12-10(8-13)6-9(2)7-11(12)16-3;1-2/h6-7,13H,4-5,8H2,1-3H3,(H,14,15);1-2H2. The molecule has 0 spiro atoms. The zero-order valence-corrected chi connectivity index (χ0v) is 14.5. The molecule has 0 radical (unpaired) electrons. The minimum atomic E-state index is -4.22. The molecule has 0 bridgehead atoms. The van der Waals surface area contributed by atoms with Gasteiger partial charge < -0.3 is 19.9 Å². The van der Waals surface area contributed by atoms with E-state index in [4.69, 9.17) is 13.8 Å². The molecule has 0 aliphatic carbocycles. The van der Waals surface area contributed by atoms with E-state index >= 15 is 0 Å². The number of hydrogen-bond acceptors (Lipinski definition) is 6. The lowest BCUT2D eigenvalue weighted by molar-refractivity contribution is 0.198. The van der Waals surface area contributed by atoms with Gasteiger partial charge in [0.25, 0.3) is 0 Å². The number of nitrogens with two attached hydrogens (primary N) is 1. The number of phosphoric acid groups is 1. The molecule has 2 unspecified atom stereocenters. The van der Waals surface area contributed by atoms with Gasteiger partial charge in [-0.25, -0.2) is 4.57 Å². The van der Waals surface area contributed by atoms with Crippen LogP contribution in [0.2, 0.25) is 0 Å². The van der Waals surface area contributed by atoms with E-state index in [2.05, 4.69) is 5.50 Å². The summed E-state index contributed by atoms with van der Waals surface area (Å²) in [6.07, 6.45) is 0.589. The Hall–Kier alpha value is -0.680. The molecule has 0 aliphatic heterocycles. The molecular weight excluding hydrogens is 316 g/mol. The summed E-state index contributed by atoms with van der Waals surface area (Å²) < 4.78 is 26.6. The molecule has 4 N–H and O–H groups in total. The first-order valence-electron chi connectivity index (χ1n) is 6.22. The van der Waals surface area contributed by atoms with E-state index in [1.165, 1.54) is 7.11 Å². The van der Waals surface area contributed by atoms with Gasteiger partial charge in [0.05, 0.1) is 20.3 Å². The molecule has 0 aromatic heterocycles. The Balaban J connectivity index is 0.00000191. The fraction of sp³-hybridized carbons (Fsp3) is 0.500. The van der Waals surface area contributed by atoms with Crippen LogP contribution in [-0.4, -0.2) is 23.7 Å². The lowest BCUT2D eigenvalue weighted by Crippen LogP contribution is -2.03. The van der Waals surface area contributed by atoms with Gasteiger partial charge in [0, 0.05) is 5.56 Å². The molecule has 0 amide bonds. The van der Waals surface area contributed by atoms with Crippen molar-refractivity contribution >= 4 is 17.2 Å². The van der Waals surface area contributed by atoms with E-state index in [0.29, 0.717) is 12.0 Å². The van der Waals surface area contributed by atoms with Crippen molar-refractivity contribution < 1.29 is 28.3 Å². The number of phosphoric ester groups is 1. The van der Waals surface area contributed by atoms with Crippen molar-refractivity contribution in [3.8, 4) is 11.5 Å². The highest BCUT2D eigenvalue weighted by Crippen LogP contribution is 2.48. The van der Waals surface area contributed by atoms with Gasteiger partial charge in [0.2, 0.25) is 0 Å². The fourth-order valence-corrected chi connectivity index (χ4v) is 2.44. The van der Waals surface area contributed by atoms with Gasteiger partial charge in [-0.05, 0) is 31.0 Å². The van der Waals surface area contributed by atoms with Crippen molar-refractivity contribution in [3.05, 3.63) is 23.3 Å². The van der Waals surface area contributed by atoms with Gasteiger partial charge in [-0.2, -0.15) is 0 Å². The van der Waals surface area contributed by atoms with Gasteiger partial charge in [-0.1, -0.05) is 16.3 Å². The molecule has 0 heterocycles. The van der Waals surface area contributed by atoms with Gasteiger partial charge in [-0.3, -0.25) is 9.42 Å². The maximum absolute atomic E-state index is 11.7. The second kappa shape index (κ2) is 10.1. The highest BCUT2D eigenvalue weighted by atomic mass is 31.2. The monoisotopic (exact) mass is 339 g/mol. The number of hydrogen-bond donors (Lipinski definition) is 3. The van der Waals surface area contributed by atoms with E-state index in [-0.39, 0.29) is 24.7 Å². The van der Waals surface area contributed by atoms with E-state index in [1.807, 2.05) is 23.2 Å². The maximum Gasteiger partial charge on any atom is 0.527 e. The first-order valence-corrected chi connectivity index (χ1v) is 8.38. The normalized spacial score (nSPS) is 12.9. The quantitative estimate of drug-likeness (QED) is 0.653. The second-order valence-electron chi connectivity index (χ2n) is 4.01. The number of rotatable bonds is 7. The molecule has 21 heavy (non-hydrogen) atoms. The van der Waals surface area contributed by atoms with E-state index in [0.717, 1.165) is 5.56 Å². The second-order valence-corrected chi connectivity index (χ2v) is 5.38. The topological polar surface area (TPSA) is 111 Å². The molecule has 0 aliphatic rings. The summed E-state index contributed by atoms with van der Waals surface area (Å²) in [7, 11) is -0.886. The zero-order valence-electron chi connectivity index (χ0n) is 12.4. The average Bonchev–Trinajstić information content (AvgIpc) is 2.48. The summed E-state index contributed by atoms with van der Waals surface area (Å²) in [6.45, 7) is 3.40. The summed E-state index contributed by atoms with van der Waals surface area (Å²) >= 11 is 0. The maximum atomic E-state index is 11.7. The predicted octanol–water partition coefficient (Wildman–Crippen LogP) is 2.14. The Morgan fingerprint density at radius 2 is 2.00 bits per heavy atom. The van der Waals surface area contributed by atoms with Crippen molar-refractivity contribution in [2.45, 2.75) is 26.9 Å². The lowest BCUT2D eigenvalue weighted by Gasteiger charge is -2.17. The van der Waals surface area contributed by atoms with Crippen LogP contribution in [0.5, 0.6) is 11.5 Å². The molecule has 1 aromatic rings. The molecule has 7 nitrogen and oxygen atoms in total. The van der Waals surface area contributed by atoms with Crippen LogP contribution < -0.4 is 14.8 Å².